The minimum absolute atomic E-state index is 0.322. The van der Waals surface area contributed by atoms with Crippen molar-refractivity contribution in [1.29, 1.82) is 0 Å². The first kappa shape index (κ1) is 21.6. The quantitative estimate of drug-likeness (QED) is 0.356. The zero-order chi connectivity index (χ0) is 21.6. The maximum Gasteiger partial charge on any atom is 0.426 e. The maximum atomic E-state index is 14.5. The molecule has 0 heterocycles. The van der Waals surface area contributed by atoms with Gasteiger partial charge in [0.1, 0.15) is 34.1 Å². The summed E-state index contributed by atoms with van der Waals surface area (Å²) in [5, 5.41) is -0.831. The van der Waals surface area contributed by atoms with Crippen molar-refractivity contribution in [3.05, 3.63) is 75.8 Å². The van der Waals surface area contributed by atoms with E-state index in [0.29, 0.717) is 30.5 Å². The second-order valence-corrected chi connectivity index (χ2v) is 7.71. The van der Waals surface area contributed by atoms with Crippen molar-refractivity contribution in [2.45, 2.75) is 38.2 Å². The predicted molar refractivity (Wildman–Crippen MR) is 97.3 cm³/mol. The smallest absolute Gasteiger partial charge is 0.426 e. The Bertz CT molecular complexity index is 933. The van der Waals surface area contributed by atoms with Crippen LogP contribution in [0.3, 0.4) is 0 Å². The van der Waals surface area contributed by atoms with Crippen molar-refractivity contribution in [3.63, 3.8) is 0 Å². The van der Waals surface area contributed by atoms with Crippen molar-refractivity contribution >= 4 is 11.6 Å². The van der Waals surface area contributed by atoms with E-state index < -0.39 is 57.1 Å². The summed E-state index contributed by atoms with van der Waals surface area (Å²) >= 11 is 5.32. The normalized spacial score (nSPS) is 22.7. The van der Waals surface area contributed by atoms with Crippen LogP contribution >= 0.6 is 11.6 Å². The molecule has 1 nitrogen and oxygen atoms in total. The van der Waals surface area contributed by atoms with Gasteiger partial charge in [0.25, 0.3) is 0 Å². The van der Waals surface area contributed by atoms with Gasteiger partial charge in [0.15, 0.2) is 0 Å². The molecule has 0 fully saturated rings. The summed E-state index contributed by atoms with van der Waals surface area (Å²) < 4.78 is 88.8. The molecule has 2 atom stereocenters. The summed E-state index contributed by atoms with van der Waals surface area (Å²) in [6.45, 7) is 3.09. The standard InChI is InChI=1S/C21H17ClF6O/c1-11-7-8-20(2,19(26)18(11)25)12-3-5-13(6-4-12)21(27,28)29-14-9-15(23)17(22)16(24)10-14/h3-6,9-11H,7-8H2,1-2H3/t11?,20-/m1/s1. The molecule has 0 N–H and O–H groups in total. The van der Waals surface area contributed by atoms with Crippen LogP contribution in [0.1, 0.15) is 37.8 Å². The van der Waals surface area contributed by atoms with Gasteiger partial charge in [-0.2, -0.15) is 8.78 Å². The Balaban J connectivity index is 1.88. The van der Waals surface area contributed by atoms with E-state index in [2.05, 4.69) is 4.74 Å². The van der Waals surface area contributed by atoms with Crippen LogP contribution in [0.4, 0.5) is 26.3 Å². The molecular weight excluding hydrogens is 418 g/mol. The fourth-order valence-corrected chi connectivity index (χ4v) is 3.43. The van der Waals surface area contributed by atoms with E-state index in [4.69, 9.17) is 11.6 Å². The molecule has 1 aliphatic rings. The van der Waals surface area contributed by atoms with Gasteiger partial charge in [-0.05, 0) is 37.5 Å². The van der Waals surface area contributed by atoms with Gasteiger partial charge in [-0.3, -0.25) is 0 Å². The van der Waals surface area contributed by atoms with E-state index in [1.54, 1.807) is 6.92 Å². The van der Waals surface area contributed by atoms with E-state index >= 15 is 0 Å². The van der Waals surface area contributed by atoms with Crippen LogP contribution in [0, 0.1) is 17.6 Å². The van der Waals surface area contributed by atoms with Crippen LogP contribution in [0.5, 0.6) is 5.75 Å². The molecule has 0 aliphatic heterocycles. The van der Waals surface area contributed by atoms with Crippen molar-refractivity contribution < 1.29 is 31.1 Å². The van der Waals surface area contributed by atoms with E-state index in [1.165, 1.54) is 19.1 Å². The molecule has 2 aromatic rings. The number of benzene rings is 2. The predicted octanol–water partition coefficient (Wildman–Crippen LogP) is 7.58. The number of ether oxygens (including phenoxy) is 1. The number of allylic oxidation sites excluding steroid dienone is 2. The van der Waals surface area contributed by atoms with Crippen molar-refractivity contribution in [3.8, 4) is 5.75 Å². The van der Waals surface area contributed by atoms with Crippen molar-refractivity contribution in [1.82, 2.24) is 0 Å². The summed E-state index contributed by atoms with van der Waals surface area (Å²) in [7, 11) is 0. The van der Waals surface area contributed by atoms with Gasteiger partial charge >= 0.3 is 6.11 Å². The Kier molecular flexibility index (Phi) is 5.64. The van der Waals surface area contributed by atoms with Gasteiger partial charge in [0, 0.05) is 23.5 Å². The van der Waals surface area contributed by atoms with Crippen LogP contribution in [-0.4, -0.2) is 0 Å². The molecular formula is C21H17ClF6O. The second kappa shape index (κ2) is 7.59. The van der Waals surface area contributed by atoms with Gasteiger partial charge in [0.2, 0.25) is 0 Å². The van der Waals surface area contributed by atoms with Crippen molar-refractivity contribution in [2.75, 3.05) is 0 Å². The molecule has 8 heteroatoms. The zero-order valence-corrected chi connectivity index (χ0v) is 16.3. The molecule has 0 spiro atoms. The lowest BCUT2D eigenvalue weighted by atomic mass is 9.71. The third-order valence-electron chi connectivity index (χ3n) is 5.27. The largest absolute Gasteiger partial charge is 0.429 e. The van der Waals surface area contributed by atoms with Gasteiger partial charge < -0.3 is 4.74 Å². The monoisotopic (exact) mass is 434 g/mol. The van der Waals surface area contributed by atoms with Crippen molar-refractivity contribution in [2.24, 2.45) is 5.92 Å². The van der Waals surface area contributed by atoms with Crippen LogP contribution in [0.2, 0.25) is 5.02 Å². The lowest BCUT2D eigenvalue weighted by Crippen LogP contribution is -2.29. The second-order valence-electron chi connectivity index (χ2n) is 7.33. The lowest BCUT2D eigenvalue weighted by Gasteiger charge is -2.34. The first-order valence-electron chi connectivity index (χ1n) is 8.84. The van der Waals surface area contributed by atoms with Crippen LogP contribution in [0.15, 0.2) is 48.1 Å². The Labute approximate surface area is 168 Å². The third kappa shape index (κ3) is 3.97. The lowest BCUT2D eigenvalue weighted by molar-refractivity contribution is -0.185. The number of hydrogen-bond donors (Lipinski definition) is 0. The Morgan fingerprint density at radius 1 is 1.03 bits per heavy atom. The molecule has 2 aromatic carbocycles. The average Bonchev–Trinajstić information content (AvgIpc) is 2.67. The maximum absolute atomic E-state index is 14.5. The average molecular weight is 435 g/mol. The molecule has 0 saturated carbocycles. The van der Waals surface area contributed by atoms with E-state index in [1.807, 2.05) is 0 Å². The van der Waals surface area contributed by atoms with Gasteiger partial charge in [0.05, 0.1) is 5.56 Å². The molecule has 0 bridgehead atoms. The Hall–Kier alpha value is -2.15. The minimum atomic E-state index is -3.92. The zero-order valence-electron chi connectivity index (χ0n) is 15.5. The highest BCUT2D eigenvalue weighted by atomic mass is 35.5. The number of hydrogen-bond acceptors (Lipinski definition) is 1. The summed E-state index contributed by atoms with van der Waals surface area (Å²) in [5.41, 5.74) is -1.54. The van der Waals surface area contributed by atoms with Gasteiger partial charge in [-0.1, -0.05) is 30.7 Å². The fraction of sp³-hybridized carbons (Fsp3) is 0.333. The van der Waals surface area contributed by atoms with Crippen LogP contribution in [-0.2, 0) is 11.5 Å². The van der Waals surface area contributed by atoms with Gasteiger partial charge in [-0.15, -0.1) is 0 Å². The molecule has 1 unspecified atom stereocenters. The topological polar surface area (TPSA) is 9.23 Å². The fourth-order valence-electron chi connectivity index (χ4n) is 3.32. The summed E-state index contributed by atoms with van der Waals surface area (Å²) in [6, 6.07) is 5.62. The van der Waals surface area contributed by atoms with Gasteiger partial charge in [-0.25, -0.2) is 17.6 Å². The molecule has 3 rings (SSSR count). The number of halogens is 7. The van der Waals surface area contributed by atoms with Crippen LogP contribution < -0.4 is 4.74 Å². The highest BCUT2D eigenvalue weighted by molar-refractivity contribution is 6.30. The number of alkyl halides is 2. The van der Waals surface area contributed by atoms with E-state index in [0.717, 1.165) is 12.1 Å². The molecule has 0 saturated heterocycles. The van der Waals surface area contributed by atoms with E-state index in [9.17, 15) is 26.3 Å². The third-order valence-corrected chi connectivity index (χ3v) is 5.63. The Morgan fingerprint density at radius 3 is 2.14 bits per heavy atom. The van der Waals surface area contributed by atoms with Crippen LogP contribution in [0.25, 0.3) is 0 Å². The highest BCUT2D eigenvalue weighted by Gasteiger charge is 2.41. The molecule has 1 aliphatic carbocycles. The summed E-state index contributed by atoms with van der Waals surface area (Å²) in [5.74, 6) is -5.49. The minimum Gasteiger partial charge on any atom is -0.429 e. The summed E-state index contributed by atoms with van der Waals surface area (Å²) in [4.78, 5) is 0. The SMILES string of the molecule is CC1CC[C@](C)(c2ccc(C(F)(F)Oc3cc(F)c(Cl)c(F)c3)cc2)C(F)=C1F. The number of rotatable bonds is 4. The first-order chi connectivity index (χ1) is 13.5. The first-order valence-corrected chi connectivity index (χ1v) is 9.21. The van der Waals surface area contributed by atoms with E-state index in [-0.39, 0.29) is 0 Å². The molecule has 0 amide bonds. The molecule has 0 aromatic heterocycles. The highest BCUT2D eigenvalue weighted by Crippen LogP contribution is 2.46. The molecule has 156 valence electrons. The summed E-state index contributed by atoms with van der Waals surface area (Å²) in [6.07, 6.45) is -3.18. The molecule has 29 heavy (non-hydrogen) atoms. The Morgan fingerprint density at radius 2 is 1.59 bits per heavy atom. The molecule has 0 radical (unpaired) electrons.